The molecule has 2 aromatic heterocycles. The van der Waals surface area contributed by atoms with Crippen molar-refractivity contribution in [3.8, 4) is 5.75 Å². The summed E-state index contributed by atoms with van der Waals surface area (Å²) < 4.78 is 32.1. The molecular weight excluding hydrogens is 553 g/mol. The molecule has 4 heterocycles. The summed E-state index contributed by atoms with van der Waals surface area (Å²) >= 11 is 0. The fraction of sp³-hybridized carbons (Fsp3) is 0.581. The fourth-order valence-electron chi connectivity index (χ4n) is 5.76. The van der Waals surface area contributed by atoms with Crippen LogP contribution in [0.15, 0.2) is 35.1 Å². The van der Waals surface area contributed by atoms with E-state index in [-0.39, 0.29) is 17.8 Å². The summed E-state index contributed by atoms with van der Waals surface area (Å²) in [6.45, 7) is 13.9. The van der Waals surface area contributed by atoms with Crippen LogP contribution < -0.4 is 19.9 Å². The molecule has 0 aliphatic carbocycles. The Morgan fingerprint density at radius 1 is 1.16 bits per heavy atom. The Balaban J connectivity index is 1.21. The van der Waals surface area contributed by atoms with E-state index in [9.17, 15) is 9.18 Å². The van der Waals surface area contributed by atoms with Gasteiger partial charge in [0.15, 0.2) is 11.6 Å². The molecule has 0 saturated carbocycles. The molecular formula is C31H42FN7O4. The third kappa shape index (κ3) is 7.52. The summed E-state index contributed by atoms with van der Waals surface area (Å²) in [5, 5.41) is 6.96. The van der Waals surface area contributed by atoms with Gasteiger partial charge in [-0.3, -0.25) is 0 Å². The average Bonchev–Trinajstić information content (AvgIpc) is 3.61. The van der Waals surface area contributed by atoms with Crippen molar-refractivity contribution in [2.24, 2.45) is 5.92 Å². The lowest BCUT2D eigenvalue weighted by atomic mass is 9.92. The number of benzene rings is 1. The van der Waals surface area contributed by atoms with E-state index >= 15 is 0 Å². The van der Waals surface area contributed by atoms with E-state index in [0.717, 1.165) is 43.7 Å². The van der Waals surface area contributed by atoms with Crippen LogP contribution in [-0.4, -0.2) is 70.1 Å². The Bertz CT molecular complexity index is 1390. The molecule has 2 saturated heterocycles. The van der Waals surface area contributed by atoms with Crippen LogP contribution in [-0.2, 0) is 11.2 Å². The summed E-state index contributed by atoms with van der Waals surface area (Å²) in [5.74, 6) is 1.56. The maximum absolute atomic E-state index is 15.0. The Kier molecular flexibility index (Phi) is 9.03. The number of ether oxygens (including phenoxy) is 2. The molecule has 0 unspecified atom stereocenters. The Hall–Kier alpha value is -3.96. The Labute approximate surface area is 252 Å². The van der Waals surface area contributed by atoms with Crippen LogP contribution in [0.5, 0.6) is 5.75 Å². The molecule has 12 heteroatoms. The highest BCUT2D eigenvalue weighted by atomic mass is 19.1. The number of amides is 1. The molecule has 1 aromatic carbocycles. The first-order valence-corrected chi connectivity index (χ1v) is 15.1. The van der Waals surface area contributed by atoms with Gasteiger partial charge in [-0.05, 0) is 65.0 Å². The lowest BCUT2D eigenvalue weighted by Gasteiger charge is -2.33. The molecule has 2 aliphatic heterocycles. The van der Waals surface area contributed by atoms with Crippen molar-refractivity contribution < 1.29 is 23.2 Å². The van der Waals surface area contributed by atoms with Crippen molar-refractivity contribution in [1.29, 1.82) is 0 Å². The van der Waals surface area contributed by atoms with Gasteiger partial charge in [0, 0.05) is 38.5 Å². The van der Waals surface area contributed by atoms with E-state index in [4.69, 9.17) is 14.0 Å². The van der Waals surface area contributed by atoms with Crippen molar-refractivity contribution in [2.45, 2.75) is 84.5 Å². The number of nitrogens with zero attached hydrogens (tertiary/aromatic N) is 6. The maximum Gasteiger partial charge on any atom is 0.407 e. The maximum atomic E-state index is 15.0. The molecule has 2 aliphatic rings. The molecule has 3 aromatic rings. The van der Waals surface area contributed by atoms with Crippen LogP contribution in [0.1, 0.15) is 70.3 Å². The van der Waals surface area contributed by atoms with E-state index in [1.54, 1.807) is 18.5 Å². The second kappa shape index (κ2) is 12.7. The van der Waals surface area contributed by atoms with Crippen molar-refractivity contribution >= 4 is 18.1 Å². The minimum absolute atomic E-state index is 0.0200. The van der Waals surface area contributed by atoms with Gasteiger partial charge in [-0.15, -0.1) is 0 Å². The average molecular weight is 596 g/mol. The molecule has 0 bridgehead atoms. The predicted octanol–water partition coefficient (Wildman–Crippen LogP) is 5.05. The zero-order valence-electron chi connectivity index (χ0n) is 25.8. The number of nitrogens with one attached hydrogen (secondary N) is 1. The van der Waals surface area contributed by atoms with Gasteiger partial charge in [0.25, 0.3) is 0 Å². The zero-order valence-corrected chi connectivity index (χ0v) is 25.8. The van der Waals surface area contributed by atoms with Gasteiger partial charge >= 0.3 is 12.1 Å². The van der Waals surface area contributed by atoms with Crippen LogP contribution >= 0.6 is 0 Å². The monoisotopic (exact) mass is 595 g/mol. The molecule has 3 atom stereocenters. The lowest BCUT2D eigenvalue weighted by Crippen LogP contribution is -2.43. The van der Waals surface area contributed by atoms with E-state index in [1.165, 1.54) is 6.07 Å². The molecule has 1 N–H and O–H groups in total. The molecule has 43 heavy (non-hydrogen) atoms. The number of halogens is 1. The van der Waals surface area contributed by atoms with Gasteiger partial charge in [0.1, 0.15) is 11.4 Å². The van der Waals surface area contributed by atoms with E-state index in [2.05, 4.69) is 37.2 Å². The molecule has 0 radical (unpaired) electrons. The van der Waals surface area contributed by atoms with Crippen molar-refractivity contribution in [3.63, 3.8) is 0 Å². The molecule has 232 valence electrons. The third-order valence-electron chi connectivity index (χ3n) is 8.04. The smallest absolute Gasteiger partial charge is 0.407 e. The second-order valence-corrected chi connectivity index (χ2v) is 12.5. The number of hydrogen-bond donors (Lipinski definition) is 1. The highest BCUT2D eigenvalue weighted by Crippen LogP contribution is 2.33. The van der Waals surface area contributed by atoms with Crippen LogP contribution in [0.25, 0.3) is 0 Å². The number of aryl methyl sites for hydroxylation is 2. The van der Waals surface area contributed by atoms with Crippen molar-refractivity contribution in [1.82, 2.24) is 25.4 Å². The number of rotatable bonds is 8. The van der Waals surface area contributed by atoms with Crippen LogP contribution in [0, 0.1) is 18.7 Å². The number of carbonyl (C=O) groups is 1. The summed E-state index contributed by atoms with van der Waals surface area (Å²) in [5.41, 5.74) is 0.851. The van der Waals surface area contributed by atoms with Crippen LogP contribution in [0.2, 0.25) is 0 Å². The van der Waals surface area contributed by atoms with Crippen molar-refractivity contribution in [2.75, 3.05) is 36.0 Å². The van der Waals surface area contributed by atoms with Crippen molar-refractivity contribution in [3.05, 3.63) is 53.4 Å². The first kappa shape index (κ1) is 30.5. The summed E-state index contributed by atoms with van der Waals surface area (Å²) in [4.78, 5) is 30.3. The van der Waals surface area contributed by atoms with Gasteiger partial charge in [-0.1, -0.05) is 29.8 Å². The minimum Gasteiger partial charge on any atom is -0.487 e. The number of aromatic nitrogens is 4. The van der Waals surface area contributed by atoms with E-state index in [0.29, 0.717) is 42.3 Å². The topological polar surface area (TPSA) is 119 Å². The highest BCUT2D eigenvalue weighted by molar-refractivity contribution is 5.68. The largest absolute Gasteiger partial charge is 0.487 e. The Morgan fingerprint density at radius 2 is 1.88 bits per heavy atom. The fourth-order valence-corrected chi connectivity index (χ4v) is 5.76. The second-order valence-electron chi connectivity index (χ2n) is 12.5. The number of anilines is 2. The zero-order chi connectivity index (χ0) is 30.7. The highest BCUT2D eigenvalue weighted by Gasteiger charge is 2.38. The predicted molar refractivity (Wildman–Crippen MR) is 160 cm³/mol. The Morgan fingerprint density at radius 3 is 2.53 bits per heavy atom. The normalized spacial score (nSPS) is 20.3. The minimum atomic E-state index is -0.646. The first-order valence-electron chi connectivity index (χ1n) is 15.1. The quantitative estimate of drug-likeness (QED) is 0.379. The third-order valence-corrected chi connectivity index (χ3v) is 8.04. The standard InChI is InChI=1S/C31H42FN7O4/c1-7-27-36-29(43-37-27)38-12-10-21(11-13-38)20(3)41-22-15-33-28(34-16-22)39-17-24(23-14-19(2)8-9-25(23)32)26(18-39)35-30(40)42-31(4,5)6/h8-9,14-16,20-21,24,26H,7,10-13,17-18H2,1-6H3,(H,35,40)/t20-,24+,26-/m0/s1. The number of carbonyl (C=O) groups excluding carboxylic acids is 1. The molecule has 11 nitrogen and oxygen atoms in total. The SMILES string of the molecule is CCc1noc(N2CCC([C@H](C)Oc3cnc(N4C[C@H](NC(=O)OC(C)(C)C)[C@@H](c5cc(C)ccc5F)C4)nc3)CC2)n1. The van der Waals surface area contributed by atoms with Gasteiger partial charge in [0.05, 0.1) is 24.5 Å². The molecule has 1 amide bonds. The van der Waals surface area contributed by atoms with E-state index < -0.39 is 17.7 Å². The van der Waals surface area contributed by atoms with Gasteiger partial charge in [-0.2, -0.15) is 4.98 Å². The molecule has 0 spiro atoms. The van der Waals surface area contributed by atoms with Crippen LogP contribution in [0.4, 0.5) is 21.1 Å². The summed E-state index contributed by atoms with van der Waals surface area (Å²) in [7, 11) is 0. The van der Waals surface area contributed by atoms with Gasteiger partial charge < -0.3 is 29.1 Å². The van der Waals surface area contributed by atoms with E-state index in [1.807, 2.05) is 45.6 Å². The summed E-state index contributed by atoms with van der Waals surface area (Å²) in [6.07, 6.45) is 5.43. The van der Waals surface area contributed by atoms with Gasteiger partial charge in [0.2, 0.25) is 5.95 Å². The summed E-state index contributed by atoms with van der Waals surface area (Å²) in [6, 6.07) is 5.24. The number of hydrogen-bond acceptors (Lipinski definition) is 10. The van der Waals surface area contributed by atoms with Gasteiger partial charge in [-0.25, -0.2) is 19.2 Å². The molecule has 5 rings (SSSR count). The number of alkyl carbamates (subject to hydrolysis) is 1. The number of piperidine rings is 1. The first-order chi connectivity index (χ1) is 20.5. The molecule has 2 fully saturated rings. The van der Waals surface area contributed by atoms with Crippen LogP contribution in [0.3, 0.4) is 0 Å². The lowest BCUT2D eigenvalue weighted by molar-refractivity contribution is 0.0504.